The Labute approximate surface area is 106 Å². The van der Waals surface area contributed by atoms with Crippen LogP contribution in [0.2, 0.25) is 10.0 Å². The molecule has 1 aliphatic heterocycles. The van der Waals surface area contributed by atoms with Crippen LogP contribution in [0.4, 0.5) is 5.69 Å². The van der Waals surface area contributed by atoms with E-state index in [0.29, 0.717) is 16.6 Å². The first-order chi connectivity index (χ1) is 7.40. The van der Waals surface area contributed by atoms with Gasteiger partial charge >= 0.3 is 0 Å². The fraction of sp³-hybridized carbons (Fsp3) is 0.500. The number of halogens is 2. The standard InChI is InChI=1S/C12H15Cl2NO/c1-12(2)6-9(16)7-15(12)8-3-4-10(13)11(14)5-8/h3-5,9,16H,6-7H2,1-2H3. The molecular weight excluding hydrogens is 245 g/mol. The van der Waals surface area contributed by atoms with Crippen LogP contribution in [-0.2, 0) is 0 Å². The molecule has 0 bridgehead atoms. The molecule has 2 rings (SSSR count). The lowest BCUT2D eigenvalue weighted by molar-refractivity contribution is 0.188. The SMILES string of the molecule is CC1(C)CC(O)CN1c1ccc(Cl)c(Cl)c1. The quantitative estimate of drug-likeness (QED) is 0.837. The first-order valence-corrected chi connectivity index (χ1v) is 6.06. The zero-order chi connectivity index (χ0) is 11.9. The molecule has 0 saturated carbocycles. The molecule has 1 aliphatic rings. The topological polar surface area (TPSA) is 23.5 Å². The highest BCUT2D eigenvalue weighted by Gasteiger charge is 2.37. The summed E-state index contributed by atoms with van der Waals surface area (Å²) in [4.78, 5) is 2.17. The Kier molecular flexibility index (Phi) is 3.08. The second kappa shape index (κ2) is 4.10. The minimum absolute atomic E-state index is 0.0451. The highest BCUT2D eigenvalue weighted by molar-refractivity contribution is 6.42. The molecule has 1 N–H and O–H groups in total. The van der Waals surface area contributed by atoms with Gasteiger partial charge in [-0.05, 0) is 38.5 Å². The summed E-state index contributed by atoms with van der Waals surface area (Å²) in [6.45, 7) is 4.88. The Balaban J connectivity index is 2.34. The Hall–Kier alpha value is -0.440. The van der Waals surface area contributed by atoms with Gasteiger partial charge in [-0.3, -0.25) is 0 Å². The van der Waals surface area contributed by atoms with Crippen LogP contribution in [0.3, 0.4) is 0 Å². The summed E-state index contributed by atoms with van der Waals surface area (Å²) < 4.78 is 0. The van der Waals surface area contributed by atoms with Crippen molar-refractivity contribution in [2.75, 3.05) is 11.4 Å². The molecule has 0 amide bonds. The number of benzene rings is 1. The fourth-order valence-corrected chi connectivity index (χ4v) is 2.61. The second-order valence-electron chi connectivity index (χ2n) is 4.88. The van der Waals surface area contributed by atoms with Crippen molar-refractivity contribution in [1.29, 1.82) is 0 Å². The van der Waals surface area contributed by atoms with Crippen molar-refractivity contribution in [2.45, 2.75) is 31.9 Å². The molecule has 1 fully saturated rings. The molecule has 4 heteroatoms. The molecule has 16 heavy (non-hydrogen) atoms. The van der Waals surface area contributed by atoms with Gasteiger partial charge in [0.05, 0.1) is 16.1 Å². The summed E-state index contributed by atoms with van der Waals surface area (Å²) in [5.41, 5.74) is 0.965. The molecule has 88 valence electrons. The van der Waals surface area contributed by atoms with Crippen LogP contribution < -0.4 is 4.90 Å². The maximum atomic E-state index is 9.72. The van der Waals surface area contributed by atoms with Gasteiger partial charge < -0.3 is 10.0 Å². The van der Waals surface area contributed by atoms with Gasteiger partial charge in [0, 0.05) is 17.8 Å². The average molecular weight is 260 g/mol. The highest BCUT2D eigenvalue weighted by atomic mass is 35.5. The molecule has 1 aromatic rings. The predicted molar refractivity (Wildman–Crippen MR) is 68.5 cm³/mol. The molecule has 1 unspecified atom stereocenters. The first kappa shape index (κ1) is 12.0. The van der Waals surface area contributed by atoms with Gasteiger partial charge in [-0.1, -0.05) is 23.2 Å². The van der Waals surface area contributed by atoms with Crippen LogP contribution in [-0.4, -0.2) is 23.3 Å². The smallest absolute Gasteiger partial charge is 0.0737 e. The zero-order valence-electron chi connectivity index (χ0n) is 9.37. The molecule has 1 atom stereocenters. The lowest BCUT2D eigenvalue weighted by Gasteiger charge is -2.33. The Bertz CT molecular complexity index is 406. The molecule has 1 heterocycles. The third kappa shape index (κ3) is 2.15. The van der Waals surface area contributed by atoms with Crippen molar-refractivity contribution in [3.63, 3.8) is 0 Å². The maximum absolute atomic E-state index is 9.72. The van der Waals surface area contributed by atoms with Crippen molar-refractivity contribution in [1.82, 2.24) is 0 Å². The van der Waals surface area contributed by atoms with Crippen molar-refractivity contribution in [3.8, 4) is 0 Å². The van der Waals surface area contributed by atoms with Crippen molar-refractivity contribution in [2.24, 2.45) is 0 Å². The van der Waals surface area contributed by atoms with E-state index in [2.05, 4.69) is 18.7 Å². The molecule has 0 aliphatic carbocycles. The summed E-state index contributed by atoms with van der Waals surface area (Å²) in [5.74, 6) is 0. The van der Waals surface area contributed by atoms with Crippen LogP contribution in [0.25, 0.3) is 0 Å². The molecule has 0 spiro atoms. The lowest BCUT2D eigenvalue weighted by Crippen LogP contribution is -2.38. The number of β-amino-alcohol motifs (C(OH)–C–C–N with tert-alkyl or cyclic N) is 1. The highest BCUT2D eigenvalue weighted by Crippen LogP contribution is 2.36. The molecule has 2 nitrogen and oxygen atoms in total. The largest absolute Gasteiger partial charge is 0.391 e. The van der Waals surface area contributed by atoms with Gasteiger partial charge in [-0.25, -0.2) is 0 Å². The normalized spacial score (nSPS) is 23.8. The first-order valence-electron chi connectivity index (χ1n) is 5.31. The van der Waals surface area contributed by atoms with Crippen molar-refractivity contribution < 1.29 is 5.11 Å². The monoisotopic (exact) mass is 259 g/mol. The zero-order valence-corrected chi connectivity index (χ0v) is 10.9. The van der Waals surface area contributed by atoms with Crippen LogP contribution in [0.15, 0.2) is 18.2 Å². The number of anilines is 1. The van der Waals surface area contributed by atoms with Crippen LogP contribution >= 0.6 is 23.2 Å². The van der Waals surface area contributed by atoms with E-state index in [9.17, 15) is 5.11 Å². The van der Waals surface area contributed by atoms with E-state index in [1.54, 1.807) is 6.07 Å². The fourth-order valence-electron chi connectivity index (χ4n) is 2.32. The maximum Gasteiger partial charge on any atom is 0.0737 e. The lowest BCUT2D eigenvalue weighted by atomic mass is 10.0. The minimum atomic E-state index is -0.274. The number of nitrogens with zero attached hydrogens (tertiary/aromatic N) is 1. The van der Waals surface area contributed by atoms with Crippen LogP contribution in [0, 0.1) is 0 Å². The molecule has 0 aromatic heterocycles. The Morgan fingerprint density at radius 1 is 1.31 bits per heavy atom. The van der Waals surface area contributed by atoms with E-state index >= 15 is 0 Å². The van der Waals surface area contributed by atoms with Gasteiger partial charge in [0.2, 0.25) is 0 Å². The van der Waals surface area contributed by atoms with E-state index < -0.39 is 0 Å². The van der Waals surface area contributed by atoms with E-state index in [4.69, 9.17) is 23.2 Å². The van der Waals surface area contributed by atoms with E-state index in [1.807, 2.05) is 12.1 Å². The van der Waals surface area contributed by atoms with E-state index in [1.165, 1.54) is 0 Å². The molecule has 1 saturated heterocycles. The Morgan fingerprint density at radius 3 is 2.50 bits per heavy atom. The van der Waals surface area contributed by atoms with Crippen LogP contribution in [0.5, 0.6) is 0 Å². The summed E-state index contributed by atoms with van der Waals surface area (Å²) in [5, 5.41) is 10.8. The summed E-state index contributed by atoms with van der Waals surface area (Å²) >= 11 is 11.9. The minimum Gasteiger partial charge on any atom is -0.391 e. The number of hydrogen-bond acceptors (Lipinski definition) is 2. The molecule has 1 aromatic carbocycles. The predicted octanol–water partition coefficient (Wildman–Crippen LogP) is 3.34. The average Bonchev–Trinajstić information content (AvgIpc) is 2.44. The number of aliphatic hydroxyl groups is 1. The summed E-state index contributed by atoms with van der Waals surface area (Å²) in [6.07, 6.45) is 0.497. The number of hydrogen-bond donors (Lipinski definition) is 1. The number of rotatable bonds is 1. The third-order valence-corrected chi connectivity index (χ3v) is 3.81. The Morgan fingerprint density at radius 2 is 2.00 bits per heavy atom. The van der Waals surface area contributed by atoms with Gasteiger partial charge in [-0.15, -0.1) is 0 Å². The molecule has 0 radical (unpaired) electrons. The van der Waals surface area contributed by atoms with Gasteiger partial charge in [-0.2, -0.15) is 0 Å². The van der Waals surface area contributed by atoms with E-state index in [0.717, 1.165) is 12.1 Å². The summed E-state index contributed by atoms with van der Waals surface area (Å²) in [7, 11) is 0. The van der Waals surface area contributed by atoms with Crippen LogP contribution in [0.1, 0.15) is 20.3 Å². The van der Waals surface area contributed by atoms with Crippen molar-refractivity contribution in [3.05, 3.63) is 28.2 Å². The number of aliphatic hydroxyl groups excluding tert-OH is 1. The van der Waals surface area contributed by atoms with E-state index in [-0.39, 0.29) is 11.6 Å². The third-order valence-electron chi connectivity index (χ3n) is 3.07. The molecular formula is C12H15Cl2NO. The summed E-state index contributed by atoms with van der Waals surface area (Å²) in [6, 6.07) is 5.58. The second-order valence-corrected chi connectivity index (χ2v) is 5.69. The van der Waals surface area contributed by atoms with Crippen molar-refractivity contribution >= 4 is 28.9 Å². The van der Waals surface area contributed by atoms with Gasteiger partial charge in [0.15, 0.2) is 0 Å². The van der Waals surface area contributed by atoms with Gasteiger partial charge in [0.25, 0.3) is 0 Å². The van der Waals surface area contributed by atoms with Gasteiger partial charge in [0.1, 0.15) is 0 Å².